The largest absolute Gasteiger partial charge is 0.452 e. The monoisotopic (exact) mass is 408 g/mol. The maximum atomic E-state index is 12.1. The summed E-state index contributed by atoms with van der Waals surface area (Å²) in [5.74, 6) is -0.936. The molecule has 0 aliphatic rings. The van der Waals surface area contributed by atoms with Crippen LogP contribution >= 0.6 is 11.8 Å². The fraction of sp³-hybridized carbons (Fsp3) is 0.222. The van der Waals surface area contributed by atoms with E-state index in [0.717, 1.165) is 10.5 Å². The van der Waals surface area contributed by atoms with Crippen LogP contribution in [0.4, 0.5) is 5.69 Å². The number of ether oxygens (including phenoxy) is 1. The van der Waals surface area contributed by atoms with Gasteiger partial charge >= 0.3 is 5.97 Å². The molecular weight excluding hydrogens is 388 g/mol. The van der Waals surface area contributed by atoms with Gasteiger partial charge in [-0.25, -0.2) is 13.6 Å². The number of rotatable bonds is 7. The molecule has 0 heterocycles. The van der Waals surface area contributed by atoms with Crippen molar-refractivity contribution in [1.29, 1.82) is 0 Å². The van der Waals surface area contributed by atoms with Crippen molar-refractivity contribution in [2.75, 3.05) is 11.1 Å². The Morgan fingerprint density at radius 2 is 1.78 bits per heavy atom. The summed E-state index contributed by atoms with van der Waals surface area (Å²) >= 11 is 1.34. The van der Waals surface area contributed by atoms with Crippen molar-refractivity contribution < 1.29 is 22.7 Å². The van der Waals surface area contributed by atoms with Crippen LogP contribution in [0.25, 0.3) is 0 Å². The Morgan fingerprint density at radius 1 is 1.15 bits per heavy atom. The molecule has 144 valence electrons. The van der Waals surface area contributed by atoms with E-state index in [1.165, 1.54) is 43.0 Å². The van der Waals surface area contributed by atoms with Gasteiger partial charge in [-0.05, 0) is 49.7 Å². The number of hydrogen-bond acceptors (Lipinski definition) is 6. The van der Waals surface area contributed by atoms with Crippen LogP contribution in [0.5, 0.6) is 0 Å². The first-order valence-electron chi connectivity index (χ1n) is 7.98. The lowest BCUT2D eigenvalue weighted by Crippen LogP contribution is -2.30. The van der Waals surface area contributed by atoms with Crippen LogP contribution in [0, 0.1) is 6.92 Å². The van der Waals surface area contributed by atoms with E-state index in [2.05, 4.69) is 5.32 Å². The van der Waals surface area contributed by atoms with Gasteiger partial charge in [-0.1, -0.05) is 18.2 Å². The second-order valence-electron chi connectivity index (χ2n) is 5.74. The highest BCUT2D eigenvalue weighted by molar-refractivity contribution is 8.00. The summed E-state index contributed by atoms with van der Waals surface area (Å²) in [7, 11) is -3.80. The van der Waals surface area contributed by atoms with Crippen LogP contribution in [0.1, 0.15) is 12.5 Å². The van der Waals surface area contributed by atoms with E-state index in [4.69, 9.17) is 9.88 Å². The van der Waals surface area contributed by atoms with Gasteiger partial charge in [0.05, 0.1) is 10.6 Å². The molecule has 0 bridgehead atoms. The average molecular weight is 409 g/mol. The minimum Gasteiger partial charge on any atom is -0.452 e. The second kappa shape index (κ2) is 9.03. The molecule has 0 saturated carbocycles. The van der Waals surface area contributed by atoms with Crippen LogP contribution in [0.2, 0.25) is 0 Å². The quantitative estimate of drug-likeness (QED) is 0.536. The second-order valence-corrected chi connectivity index (χ2v) is 8.32. The number of carbonyl (C=O) groups excluding carboxylic acids is 2. The maximum absolute atomic E-state index is 12.1. The summed E-state index contributed by atoms with van der Waals surface area (Å²) < 4.78 is 27.6. The summed E-state index contributed by atoms with van der Waals surface area (Å²) in [4.78, 5) is 25.0. The van der Waals surface area contributed by atoms with Crippen molar-refractivity contribution in [3.63, 3.8) is 0 Å². The number of carbonyl (C=O) groups is 2. The van der Waals surface area contributed by atoms with Gasteiger partial charge < -0.3 is 10.1 Å². The SMILES string of the molecule is Cc1ccccc1SCC(=O)O[C@@H](C)C(=O)Nc1ccc(S(N)(=O)=O)cc1. The summed E-state index contributed by atoms with van der Waals surface area (Å²) in [5, 5.41) is 7.57. The van der Waals surface area contributed by atoms with Crippen molar-refractivity contribution in [2.24, 2.45) is 5.14 Å². The van der Waals surface area contributed by atoms with E-state index in [-0.39, 0.29) is 10.6 Å². The van der Waals surface area contributed by atoms with Crippen molar-refractivity contribution in [3.8, 4) is 0 Å². The van der Waals surface area contributed by atoms with Gasteiger partial charge in [-0.15, -0.1) is 11.8 Å². The topological polar surface area (TPSA) is 116 Å². The van der Waals surface area contributed by atoms with Gasteiger partial charge in [0.25, 0.3) is 5.91 Å². The maximum Gasteiger partial charge on any atom is 0.317 e. The molecule has 0 aliphatic carbocycles. The summed E-state index contributed by atoms with van der Waals surface area (Å²) in [6.07, 6.45) is -0.993. The number of esters is 1. The first-order valence-corrected chi connectivity index (χ1v) is 10.5. The van der Waals surface area contributed by atoms with E-state index in [1.54, 1.807) is 0 Å². The Morgan fingerprint density at radius 3 is 2.37 bits per heavy atom. The van der Waals surface area contributed by atoms with Crippen LogP contribution in [-0.4, -0.2) is 32.2 Å². The number of aryl methyl sites for hydroxylation is 1. The number of thioether (sulfide) groups is 1. The minimum absolute atomic E-state index is 0.0618. The molecule has 1 amide bonds. The molecule has 2 rings (SSSR count). The zero-order valence-corrected chi connectivity index (χ0v) is 16.5. The third kappa shape index (κ3) is 6.38. The third-order valence-electron chi connectivity index (χ3n) is 3.57. The number of hydrogen-bond donors (Lipinski definition) is 2. The Balaban J connectivity index is 1.86. The number of sulfonamides is 1. The van der Waals surface area contributed by atoms with Gasteiger partial charge in [0.15, 0.2) is 6.10 Å². The number of benzene rings is 2. The zero-order chi connectivity index (χ0) is 20.0. The molecule has 0 aliphatic heterocycles. The molecule has 0 radical (unpaired) electrons. The number of nitrogens with one attached hydrogen (secondary N) is 1. The fourth-order valence-corrected chi connectivity index (χ4v) is 3.44. The highest BCUT2D eigenvalue weighted by atomic mass is 32.2. The fourth-order valence-electron chi connectivity index (χ4n) is 2.11. The van der Waals surface area contributed by atoms with E-state index in [9.17, 15) is 18.0 Å². The lowest BCUT2D eigenvalue weighted by atomic mass is 10.2. The van der Waals surface area contributed by atoms with E-state index < -0.39 is 28.0 Å². The molecule has 9 heteroatoms. The molecule has 2 aromatic carbocycles. The lowest BCUT2D eigenvalue weighted by Gasteiger charge is -2.14. The molecule has 3 N–H and O–H groups in total. The van der Waals surface area contributed by atoms with Crippen LogP contribution in [0.3, 0.4) is 0 Å². The molecular formula is C18H20N2O5S2. The molecule has 0 spiro atoms. The van der Waals surface area contributed by atoms with Gasteiger partial charge in [-0.3, -0.25) is 9.59 Å². The molecule has 0 unspecified atom stereocenters. The van der Waals surface area contributed by atoms with Crippen LogP contribution < -0.4 is 10.5 Å². The predicted octanol–water partition coefficient (Wildman–Crippen LogP) is 2.30. The van der Waals surface area contributed by atoms with Gasteiger partial charge in [0.2, 0.25) is 10.0 Å². The Kier molecular flexibility index (Phi) is 7.00. The molecule has 2 aromatic rings. The standard InChI is InChI=1S/C18H20N2O5S2/c1-12-5-3-4-6-16(12)26-11-17(21)25-13(2)18(22)20-14-7-9-15(10-8-14)27(19,23)24/h3-10,13H,11H2,1-2H3,(H,20,22)(H2,19,23,24)/t13-/m0/s1. The van der Waals surface area contributed by atoms with Crippen LogP contribution in [0.15, 0.2) is 58.3 Å². The number of primary sulfonamides is 1. The average Bonchev–Trinajstić information content (AvgIpc) is 2.60. The first kappa shape index (κ1) is 20.9. The molecule has 0 fully saturated rings. The minimum atomic E-state index is -3.80. The normalized spacial score (nSPS) is 12.3. The van der Waals surface area contributed by atoms with E-state index in [1.807, 2.05) is 31.2 Å². The summed E-state index contributed by atoms with van der Waals surface area (Å²) in [6, 6.07) is 13.0. The number of anilines is 1. The van der Waals surface area contributed by atoms with Crippen molar-refractivity contribution >= 4 is 39.3 Å². The predicted molar refractivity (Wildman–Crippen MR) is 104 cm³/mol. The molecule has 7 nitrogen and oxygen atoms in total. The molecule has 0 aromatic heterocycles. The Hall–Kier alpha value is -2.36. The highest BCUT2D eigenvalue weighted by Gasteiger charge is 2.18. The Bertz CT molecular complexity index is 927. The van der Waals surface area contributed by atoms with Gasteiger partial charge in [0, 0.05) is 10.6 Å². The summed E-state index contributed by atoms with van der Waals surface area (Å²) in [5.41, 5.74) is 1.42. The number of nitrogens with two attached hydrogens (primary N) is 1. The van der Waals surface area contributed by atoms with Gasteiger partial charge in [0.1, 0.15) is 0 Å². The smallest absolute Gasteiger partial charge is 0.317 e. The lowest BCUT2D eigenvalue weighted by molar-refractivity contribution is -0.150. The zero-order valence-electron chi connectivity index (χ0n) is 14.8. The van der Waals surface area contributed by atoms with Gasteiger partial charge in [-0.2, -0.15) is 0 Å². The first-order chi connectivity index (χ1) is 12.7. The van der Waals surface area contributed by atoms with Crippen molar-refractivity contribution in [3.05, 3.63) is 54.1 Å². The molecule has 0 saturated heterocycles. The summed E-state index contributed by atoms with van der Waals surface area (Å²) in [6.45, 7) is 3.41. The Labute approximate surface area is 162 Å². The van der Waals surface area contributed by atoms with E-state index in [0.29, 0.717) is 5.69 Å². The molecule has 27 heavy (non-hydrogen) atoms. The third-order valence-corrected chi connectivity index (χ3v) is 5.65. The molecule has 1 atom stereocenters. The van der Waals surface area contributed by atoms with Crippen molar-refractivity contribution in [1.82, 2.24) is 0 Å². The number of amides is 1. The highest BCUT2D eigenvalue weighted by Crippen LogP contribution is 2.22. The van der Waals surface area contributed by atoms with E-state index >= 15 is 0 Å². The van der Waals surface area contributed by atoms with Crippen LogP contribution in [-0.2, 0) is 24.3 Å². The van der Waals surface area contributed by atoms with Crippen molar-refractivity contribution in [2.45, 2.75) is 29.7 Å².